The summed E-state index contributed by atoms with van der Waals surface area (Å²) in [5.41, 5.74) is 2.45. The van der Waals surface area contributed by atoms with Crippen LogP contribution < -0.4 is 15.5 Å². The van der Waals surface area contributed by atoms with Gasteiger partial charge in [0.05, 0.1) is 11.3 Å². The molecule has 2 rings (SSSR count). The summed E-state index contributed by atoms with van der Waals surface area (Å²) in [5, 5.41) is 5.77. The summed E-state index contributed by atoms with van der Waals surface area (Å²) >= 11 is 0. The smallest absolute Gasteiger partial charge is 0.255 e. The van der Waals surface area contributed by atoms with Gasteiger partial charge in [0.1, 0.15) is 0 Å². The van der Waals surface area contributed by atoms with Gasteiger partial charge in [0.2, 0.25) is 0 Å². The highest BCUT2D eigenvalue weighted by Crippen LogP contribution is 2.18. The number of hydrogen-bond acceptors (Lipinski definition) is 3. The highest BCUT2D eigenvalue weighted by atomic mass is 16.2. The summed E-state index contributed by atoms with van der Waals surface area (Å²) in [5.74, 6) is -0.431. The molecule has 0 bridgehead atoms. The van der Waals surface area contributed by atoms with E-state index in [2.05, 4.69) is 10.6 Å². The predicted octanol–water partition coefficient (Wildman–Crippen LogP) is 3.53. The number of benzene rings is 2. The van der Waals surface area contributed by atoms with Crippen LogP contribution in [-0.2, 0) is 0 Å². The minimum atomic E-state index is -0.243. The van der Waals surface area contributed by atoms with E-state index < -0.39 is 0 Å². The van der Waals surface area contributed by atoms with Crippen LogP contribution in [0.25, 0.3) is 0 Å². The number of rotatable bonds is 6. The number of anilines is 2. The molecule has 0 spiro atoms. The van der Waals surface area contributed by atoms with Gasteiger partial charge in [-0.15, -0.1) is 0 Å². The molecule has 25 heavy (non-hydrogen) atoms. The van der Waals surface area contributed by atoms with Crippen LogP contribution in [0.15, 0.2) is 48.5 Å². The van der Waals surface area contributed by atoms with Crippen LogP contribution in [0.3, 0.4) is 0 Å². The molecule has 2 amide bonds. The van der Waals surface area contributed by atoms with Gasteiger partial charge in [0.25, 0.3) is 11.8 Å². The molecule has 2 aromatic carbocycles. The fourth-order valence-electron chi connectivity index (χ4n) is 2.31. The number of nitrogens with zero attached hydrogens (tertiary/aromatic N) is 1. The Balaban J connectivity index is 2.21. The first kappa shape index (κ1) is 18.5. The van der Waals surface area contributed by atoms with E-state index >= 15 is 0 Å². The molecule has 0 aliphatic rings. The lowest BCUT2D eigenvalue weighted by molar-refractivity contribution is 0.0940. The summed E-state index contributed by atoms with van der Waals surface area (Å²) in [4.78, 5) is 26.9. The number of para-hydroxylation sites is 1. The van der Waals surface area contributed by atoms with Crippen LogP contribution in [0.4, 0.5) is 11.4 Å². The minimum Gasteiger partial charge on any atom is -0.378 e. The van der Waals surface area contributed by atoms with Crippen LogP contribution in [0, 0.1) is 0 Å². The topological polar surface area (TPSA) is 61.4 Å². The van der Waals surface area contributed by atoms with E-state index in [9.17, 15) is 9.59 Å². The van der Waals surface area contributed by atoms with Crippen molar-refractivity contribution in [2.75, 3.05) is 24.3 Å². The van der Waals surface area contributed by atoms with Crippen molar-refractivity contribution in [3.05, 3.63) is 59.7 Å². The van der Waals surface area contributed by atoms with Crippen LogP contribution in [0.1, 0.15) is 41.0 Å². The lowest BCUT2D eigenvalue weighted by atomic mass is 10.1. The first-order valence-electron chi connectivity index (χ1n) is 8.41. The maximum Gasteiger partial charge on any atom is 0.255 e. The van der Waals surface area contributed by atoms with E-state index in [1.165, 1.54) is 0 Å². The number of nitrogens with one attached hydrogen (secondary N) is 2. The third-order valence-corrected chi connectivity index (χ3v) is 4.03. The average Bonchev–Trinajstić information content (AvgIpc) is 2.62. The fraction of sp³-hybridized carbons (Fsp3) is 0.300. The third kappa shape index (κ3) is 4.83. The van der Waals surface area contributed by atoms with E-state index in [0.717, 1.165) is 12.1 Å². The highest BCUT2D eigenvalue weighted by Gasteiger charge is 2.15. The van der Waals surface area contributed by atoms with Gasteiger partial charge < -0.3 is 15.5 Å². The second kappa shape index (κ2) is 8.33. The Kier molecular flexibility index (Phi) is 6.17. The van der Waals surface area contributed by atoms with Crippen molar-refractivity contribution in [3.8, 4) is 0 Å². The van der Waals surface area contributed by atoms with Crippen molar-refractivity contribution in [3.63, 3.8) is 0 Å². The van der Waals surface area contributed by atoms with E-state index in [1.807, 2.05) is 51.0 Å². The maximum atomic E-state index is 12.6. The second-order valence-electron chi connectivity index (χ2n) is 6.23. The summed E-state index contributed by atoms with van der Waals surface area (Å²) in [6.45, 7) is 3.96. The van der Waals surface area contributed by atoms with E-state index in [1.54, 1.807) is 30.3 Å². The van der Waals surface area contributed by atoms with Gasteiger partial charge in [-0.25, -0.2) is 0 Å². The zero-order valence-corrected chi connectivity index (χ0v) is 15.2. The Morgan fingerprint density at radius 2 is 1.76 bits per heavy atom. The molecule has 0 saturated carbocycles. The Labute approximate surface area is 149 Å². The summed E-state index contributed by atoms with van der Waals surface area (Å²) < 4.78 is 0. The first-order chi connectivity index (χ1) is 11.9. The lowest BCUT2D eigenvalue weighted by Crippen LogP contribution is -2.32. The van der Waals surface area contributed by atoms with Crippen molar-refractivity contribution < 1.29 is 9.59 Å². The number of hydrogen-bond donors (Lipinski definition) is 2. The predicted molar refractivity (Wildman–Crippen MR) is 102 cm³/mol. The first-order valence-corrected chi connectivity index (χ1v) is 8.41. The zero-order valence-electron chi connectivity index (χ0n) is 15.2. The maximum absolute atomic E-state index is 12.6. The monoisotopic (exact) mass is 339 g/mol. The Morgan fingerprint density at radius 3 is 2.44 bits per heavy atom. The van der Waals surface area contributed by atoms with E-state index in [0.29, 0.717) is 16.8 Å². The van der Waals surface area contributed by atoms with Crippen molar-refractivity contribution in [1.82, 2.24) is 5.32 Å². The highest BCUT2D eigenvalue weighted by molar-refractivity contribution is 6.09. The zero-order chi connectivity index (χ0) is 18.4. The minimum absolute atomic E-state index is 0.0769. The molecule has 0 heterocycles. The molecule has 0 aliphatic carbocycles. The summed E-state index contributed by atoms with van der Waals surface area (Å²) in [6.07, 6.45) is 0.845. The van der Waals surface area contributed by atoms with Crippen LogP contribution in [-0.4, -0.2) is 32.0 Å². The van der Waals surface area contributed by atoms with E-state index in [-0.39, 0.29) is 17.9 Å². The molecule has 5 nitrogen and oxygen atoms in total. The summed E-state index contributed by atoms with van der Waals surface area (Å²) in [6, 6.07) is 14.5. The van der Waals surface area contributed by atoms with Gasteiger partial charge in [-0.1, -0.05) is 25.1 Å². The van der Waals surface area contributed by atoms with Crippen LogP contribution >= 0.6 is 0 Å². The molecule has 0 radical (unpaired) electrons. The molecule has 132 valence electrons. The second-order valence-corrected chi connectivity index (χ2v) is 6.23. The molecular formula is C20H25N3O2. The molecule has 0 aromatic heterocycles. The number of amides is 2. The molecule has 1 atom stereocenters. The molecule has 1 unspecified atom stereocenters. The number of carbonyl (C=O) groups is 2. The molecule has 0 fully saturated rings. The molecular weight excluding hydrogens is 314 g/mol. The van der Waals surface area contributed by atoms with Gasteiger partial charge in [-0.2, -0.15) is 0 Å². The van der Waals surface area contributed by atoms with E-state index in [4.69, 9.17) is 0 Å². The Morgan fingerprint density at radius 1 is 1.04 bits per heavy atom. The fourth-order valence-corrected chi connectivity index (χ4v) is 2.31. The molecule has 5 heteroatoms. The van der Waals surface area contributed by atoms with Crippen LogP contribution in [0.2, 0.25) is 0 Å². The van der Waals surface area contributed by atoms with Gasteiger partial charge in [0, 0.05) is 31.4 Å². The molecule has 2 N–H and O–H groups in total. The van der Waals surface area contributed by atoms with Gasteiger partial charge in [-0.3, -0.25) is 9.59 Å². The van der Waals surface area contributed by atoms with Crippen molar-refractivity contribution in [2.45, 2.75) is 26.3 Å². The SMILES string of the molecule is CCC(C)NC(=O)c1ccccc1NC(=O)c1cccc(N(C)C)c1. The van der Waals surface area contributed by atoms with Gasteiger partial charge in [0.15, 0.2) is 0 Å². The normalized spacial score (nSPS) is 11.5. The molecule has 2 aromatic rings. The average molecular weight is 339 g/mol. The third-order valence-electron chi connectivity index (χ3n) is 4.03. The van der Waals surface area contributed by atoms with Gasteiger partial charge in [-0.05, 0) is 43.7 Å². The Bertz CT molecular complexity index is 756. The standard InChI is InChI=1S/C20H25N3O2/c1-5-14(2)21-20(25)17-11-6-7-12-18(17)22-19(24)15-9-8-10-16(13-15)23(3)4/h6-14H,5H2,1-4H3,(H,21,25)(H,22,24). The van der Waals surface area contributed by atoms with Gasteiger partial charge >= 0.3 is 0 Å². The molecule has 0 aliphatic heterocycles. The summed E-state index contributed by atoms with van der Waals surface area (Å²) in [7, 11) is 3.84. The largest absolute Gasteiger partial charge is 0.378 e. The lowest BCUT2D eigenvalue weighted by Gasteiger charge is -2.16. The quantitative estimate of drug-likeness (QED) is 0.846. The van der Waals surface area contributed by atoms with Crippen molar-refractivity contribution in [1.29, 1.82) is 0 Å². The number of carbonyl (C=O) groups excluding carboxylic acids is 2. The molecule has 0 saturated heterocycles. The van der Waals surface area contributed by atoms with Crippen LogP contribution in [0.5, 0.6) is 0 Å². The Hall–Kier alpha value is -2.82. The van der Waals surface area contributed by atoms with Crippen molar-refractivity contribution >= 4 is 23.2 Å². The van der Waals surface area contributed by atoms with Crippen molar-refractivity contribution in [2.24, 2.45) is 0 Å².